The number of rotatable bonds is 10. The van der Waals surface area contributed by atoms with Gasteiger partial charge < -0.3 is 18.9 Å². The Balaban J connectivity index is 1.89. The number of esters is 1. The molecule has 0 radical (unpaired) electrons. The number of benzene rings is 2. The summed E-state index contributed by atoms with van der Waals surface area (Å²) in [5, 5.41) is 2.05. The van der Waals surface area contributed by atoms with Gasteiger partial charge in [0.25, 0.3) is 0 Å². The SMILES string of the molecule is C=C(C)C(=O)OCCOCCOc1c(C)cc(OCC)c2ccccc12. The van der Waals surface area contributed by atoms with Crippen LogP contribution in [0.1, 0.15) is 19.4 Å². The number of hydrogen-bond acceptors (Lipinski definition) is 5. The Hall–Kier alpha value is -2.53. The number of carbonyl (C=O) groups excluding carboxylic acids is 1. The third-order valence-corrected chi connectivity index (χ3v) is 3.73. The highest BCUT2D eigenvalue weighted by molar-refractivity contribution is 5.94. The van der Waals surface area contributed by atoms with Crippen molar-refractivity contribution >= 4 is 16.7 Å². The largest absolute Gasteiger partial charge is 0.493 e. The van der Waals surface area contributed by atoms with E-state index in [1.807, 2.05) is 44.2 Å². The summed E-state index contributed by atoms with van der Waals surface area (Å²) in [7, 11) is 0. The van der Waals surface area contributed by atoms with Gasteiger partial charge in [-0.15, -0.1) is 0 Å². The zero-order chi connectivity index (χ0) is 18.9. The second-order valence-corrected chi connectivity index (χ2v) is 5.88. The lowest BCUT2D eigenvalue weighted by Crippen LogP contribution is -2.14. The Bertz CT molecular complexity index is 766. The van der Waals surface area contributed by atoms with Gasteiger partial charge >= 0.3 is 5.97 Å². The maximum absolute atomic E-state index is 11.2. The predicted octanol–water partition coefficient (Wildman–Crippen LogP) is 4.06. The smallest absolute Gasteiger partial charge is 0.333 e. The molecule has 0 aliphatic heterocycles. The number of hydrogen-bond donors (Lipinski definition) is 0. The summed E-state index contributed by atoms with van der Waals surface area (Å²) in [6.45, 7) is 11.1. The topological polar surface area (TPSA) is 54.0 Å². The summed E-state index contributed by atoms with van der Waals surface area (Å²) in [4.78, 5) is 11.2. The molecule has 0 fully saturated rings. The van der Waals surface area contributed by atoms with Crippen molar-refractivity contribution in [2.45, 2.75) is 20.8 Å². The lowest BCUT2D eigenvalue weighted by Gasteiger charge is -2.16. The van der Waals surface area contributed by atoms with Crippen molar-refractivity contribution in [2.24, 2.45) is 0 Å². The van der Waals surface area contributed by atoms with Crippen LogP contribution in [0.5, 0.6) is 11.5 Å². The first-order valence-corrected chi connectivity index (χ1v) is 8.73. The molecular weight excluding hydrogens is 332 g/mol. The molecule has 0 saturated heterocycles. The number of ether oxygens (including phenoxy) is 4. The molecular formula is C21H26O5. The summed E-state index contributed by atoms with van der Waals surface area (Å²) < 4.78 is 22.1. The molecule has 0 N–H and O–H groups in total. The minimum atomic E-state index is -0.402. The Morgan fingerprint density at radius 2 is 1.73 bits per heavy atom. The monoisotopic (exact) mass is 358 g/mol. The van der Waals surface area contributed by atoms with Crippen LogP contribution in [0.4, 0.5) is 0 Å². The molecule has 0 amide bonds. The van der Waals surface area contributed by atoms with Gasteiger partial charge in [0, 0.05) is 16.3 Å². The minimum Gasteiger partial charge on any atom is -0.493 e. The Kier molecular flexibility index (Phi) is 7.48. The number of aryl methyl sites for hydroxylation is 1. The van der Waals surface area contributed by atoms with Crippen molar-refractivity contribution in [1.29, 1.82) is 0 Å². The maximum Gasteiger partial charge on any atom is 0.333 e. The maximum atomic E-state index is 11.2. The molecule has 0 spiro atoms. The fourth-order valence-corrected chi connectivity index (χ4v) is 2.54. The average Bonchev–Trinajstić information content (AvgIpc) is 2.63. The third kappa shape index (κ3) is 5.23. The fraction of sp³-hybridized carbons (Fsp3) is 0.381. The molecule has 0 aromatic heterocycles. The van der Waals surface area contributed by atoms with Crippen molar-refractivity contribution in [3.05, 3.63) is 48.0 Å². The van der Waals surface area contributed by atoms with E-state index in [0.29, 0.717) is 32.0 Å². The van der Waals surface area contributed by atoms with Crippen LogP contribution in [0, 0.1) is 6.92 Å². The highest BCUT2D eigenvalue weighted by Gasteiger charge is 2.11. The van der Waals surface area contributed by atoms with E-state index in [4.69, 9.17) is 18.9 Å². The summed E-state index contributed by atoms with van der Waals surface area (Å²) in [5.74, 6) is 1.30. The van der Waals surface area contributed by atoms with Crippen LogP contribution in [0.15, 0.2) is 42.5 Å². The van der Waals surface area contributed by atoms with Gasteiger partial charge in [-0.2, -0.15) is 0 Å². The van der Waals surface area contributed by atoms with Gasteiger partial charge in [0.2, 0.25) is 0 Å². The molecule has 26 heavy (non-hydrogen) atoms. The van der Waals surface area contributed by atoms with Gasteiger partial charge in [0.05, 0.1) is 19.8 Å². The molecule has 2 aromatic rings. The number of fused-ring (bicyclic) bond motifs is 1. The molecule has 0 bridgehead atoms. The second kappa shape index (κ2) is 9.82. The first kappa shape index (κ1) is 19.8. The van der Waals surface area contributed by atoms with Crippen molar-refractivity contribution < 1.29 is 23.7 Å². The van der Waals surface area contributed by atoms with Gasteiger partial charge in [-0.3, -0.25) is 0 Å². The first-order valence-electron chi connectivity index (χ1n) is 8.73. The van der Waals surface area contributed by atoms with Crippen LogP contribution >= 0.6 is 0 Å². The summed E-state index contributed by atoms with van der Waals surface area (Å²) in [6, 6.07) is 10.0. The van der Waals surface area contributed by atoms with Gasteiger partial charge in [-0.25, -0.2) is 4.79 Å². The van der Waals surface area contributed by atoms with E-state index in [-0.39, 0.29) is 6.61 Å². The Morgan fingerprint density at radius 1 is 1.04 bits per heavy atom. The van der Waals surface area contributed by atoms with Crippen molar-refractivity contribution in [3.8, 4) is 11.5 Å². The lowest BCUT2D eigenvalue weighted by atomic mass is 10.0. The van der Waals surface area contributed by atoms with Crippen molar-refractivity contribution in [3.63, 3.8) is 0 Å². The molecule has 0 atom stereocenters. The van der Waals surface area contributed by atoms with Gasteiger partial charge in [-0.05, 0) is 32.4 Å². The summed E-state index contributed by atoms with van der Waals surface area (Å²) in [6.07, 6.45) is 0. The average molecular weight is 358 g/mol. The number of carbonyl (C=O) groups is 1. The van der Waals surface area contributed by atoms with Crippen LogP contribution in [-0.2, 0) is 14.3 Å². The van der Waals surface area contributed by atoms with Crippen LogP contribution < -0.4 is 9.47 Å². The summed E-state index contributed by atoms with van der Waals surface area (Å²) >= 11 is 0. The molecule has 0 aliphatic rings. The molecule has 0 saturated carbocycles. The van der Waals surface area contributed by atoms with E-state index in [0.717, 1.165) is 27.8 Å². The quantitative estimate of drug-likeness (QED) is 0.364. The van der Waals surface area contributed by atoms with Crippen LogP contribution in [-0.4, -0.2) is 39.0 Å². The van der Waals surface area contributed by atoms with Crippen molar-refractivity contribution in [2.75, 3.05) is 33.0 Å². The van der Waals surface area contributed by atoms with E-state index in [1.165, 1.54) is 0 Å². The van der Waals surface area contributed by atoms with Crippen LogP contribution in [0.25, 0.3) is 10.8 Å². The molecule has 0 unspecified atom stereocenters. The Labute approximate surface area is 154 Å². The standard InChI is InChI=1S/C21H26O5/c1-5-24-19-14-16(4)20(18-9-7-6-8-17(18)19)25-12-10-23-11-13-26-21(22)15(2)3/h6-9,14H,2,5,10-13H2,1,3-4H3. The molecule has 140 valence electrons. The van der Waals surface area contributed by atoms with E-state index >= 15 is 0 Å². The lowest BCUT2D eigenvalue weighted by molar-refractivity contribution is -0.140. The minimum absolute atomic E-state index is 0.205. The van der Waals surface area contributed by atoms with Crippen molar-refractivity contribution in [1.82, 2.24) is 0 Å². The van der Waals surface area contributed by atoms with E-state index in [1.54, 1.807) is 6.92 Å². The third-order valence-electron chi connectivity index (χ3n) is 3.73. The van der Waals surface area contributed by atoms with E-state index in [2.05, 4.69) is 6.58 Å². The van der Waals surface area contributed by atoms with Gasteiger partial charge in [-0.1, -0.05) is 30.8 Å². The fourth-order valence-electron chi connectivity index (χ4n) is 2.54. The molecule has 2 rings (SSSR count). The highest BCUT2D eigenvalue weighted by Crippen LogP contribution is 2.36. The van der Waals surface area contributed by atoms with Crippen LogP contribution in [0.3, 0.4) is 0 Å². The second-order valence-electron chi connectivity index (χ2n) is 5.88. The molecule has 0 heterocycles. The Morgan fingerprint density at radius 3 is 2.42 bits per heavy atom. The zero-order valence-corrected chi connectivity index (χ0v) is 15.7. The molecule has 0 aliphatic carbocycles. The first-order chi connectivity index (χ1) is 12.5. The summed E-state index contributed by atoms with van der Waals surface area (Å²) in [5.41, 5.74) is 1.40. The van der Waals surface area contributed by atoms with E-state index in [9.17, 15) is 4.79 Å². The zero-order valence-electron chi connectivity index (χ0n) is 15.7. The molecule has 2 aromatic carbocycles. The van der Waals surface area contributed by atoms with Gasteiger partial charge in [0.1, 0.15) is 24.7 Å². The molecule has 5 nitrogen and oxygen atoms in total. The van der Waals surface area contributed by atoms with Crippen LogP contribution in [0.2, 0.25) is 0 Å². The highest BCUT2D eigenvalue weighted by atomic mass is 16.6. The van der Waals surface area contributed by atoms with E-state index < -0.39 is 5.97 Å². The predicted molar refractivity (Wildman–Crippen MR) is 102 cm³/mol. The molecule has 5 heteroatoms. The van der Waals surface area contributed by atoms with Gasteiger partial charge in [0.15, 0.2) is 0 Å². The normalized spacial score (nSPS) is 10.6.